The van der Waals surface area contributed by atoms with Crippen molar-refractivity contribution < 1.29 is 14.3 Å². The average molecular weight is 474 g/mol. The van der Waals surface area contributed by atoms with Gasteiger partial charge in [0.2, 0.25) is 17.7 Å². The molecule has 1 N–H and O–H groups in total. The second-order valence-electron chi connectivity index (χ2n) is 9.55. The van der Waals surface area contributed by atoms with E-state index in [-0.39, 0.29) is 23.7 Å². The van der Waals surface area contributed by atoms with Crippen molar-refractivity contribution in [2.45, 2.75) is 47.3 Å². The van der Waals surface area contributed by atoms with Crippen LogP contribution in [0.15, 0.2) is 60.9 Å². The lowest BCUT2D eigenvalue weighted by molar-refractivity contribution is -0.115. The van der Waals surface area contributed by atoms with Gasteiger partial charge in [-0.05, 0) is 35.6 Å². The van der Waals surface area contributed by atoms with Gasteiger partial charge in [-0.3, -0.25) is 10.1 Å². The number of ether oxygens (including phenoxy) is 2. The average Bonchev–Trinajstić information content (AvgIpc) is 3.25. The van der Waals surface area contributed by atoms with E-state index in [1.165, 1.54) is 0 Å². The van der Waals surface area contributed by atoms with Crippen LogP contribution in [-0.4, -0.2) is 32.0 Å². The third-order valence-corrected chi connectivity index (χ3v) is 5.20. The van der Waals surface area contributed by atoms with E-state index < -0.39 is 0 Å². The molecule has 0 bridgehead atoms. The minimum absolute atomic E-state index is 0.0935. The number of hydrogen-bond donors (Lipinski definition) is 1. The highest BCUT2D eigenvalue weighted by atomic mass is 16.5. The van der Waals surface area contributed by atoms with E-state index in [0.29, 0.717) is 36.8 Å². The molecule has 2 aromatic carbocycles. The fourth-order valence-electron chi connectivity index (χ4n) is 3.39. The molecule has 35 heavy (non-hydrogen) atoms. The summed E-state index contributed by atoms with van der Waals surface area (Å²) in [4.78, 5) is 26.0. The molecule has 0 aliphatic heterocycles. The quantitative estimate of drug-likeness (QED) is 0.367. The van der Waals surface area contributed by atoms with E-state index in [1.54, 1.807) is 6.33 Å². The predicted octanol–water partition coefficient (Wildman–Crippen LogP) is 5.03. The number of carbonyl (C=O) groups is 1. The van der Waals surface area contributed by atoms with Gasteiger partial charge in [0.1, 0.15) is 12.4 Å². The number of anilines is 1. The molecule has 0 atom stereocenters. The highest BCUT2D eigenvalue weighted by molar-refractivity contribution is 5.91. The molecular weight excluding hydrogens is 442 g/mol. The topological polar surface area (TPSA) is 91.2 Å². The van der Waals surface area contributed by atoms with Gasteiger partial charge in [0.05, 0.1) is 19.4 Å². The lowest BCUT2D eigenvalue weighted by Gasteiger charge is -2.18. The standard InChI is InChI=1S/C27H31N5O3/c1-5-32-18-28-23-24(32)30-26(29-22(33)15-19-9-7-6-8-10-19)31-25(23)34-16-20-11-13-21(14-12-20)35-17-27(2,3)4/h6-14,18H,5,15-17H2,1-4H3,(H,29,30,31,33). The Balaban J connectivity index is 1.48. The van der Waals surface area contributed by atoms with Crippen LogP contribution in [0.5, 0.6) is 11.6 Å². The molecule has 182 valence electrons. The van der Waals surface area contributed by atoms with Crippen molar-refractivity contribution in [1.82, 2.24) is 19.5 Å². The Morgan fingerprint density at radius 1 is 0.971 bits per heavy atom. The molecule has 0 aliphatic rings. The zero-order valence-electron chi connectivity index (χ0n) is 20.6. The summed E-state index contributed by atoms with van der Waals surface area (Å²) in [7, 11) is 0. The lowest BCUT2D eigenvalue weighted by Crippen LogP contribution is -2.17. The molecule has 4 aromatic rings. The van der Waals surface area contributed by atoms with Crippen LogP contribution in [-0.2, 0) is 24.4 Å². The third-order valence-electron chi connectivity index (χ3n) is 5.20. The normalized spacial score (nSPS) is 11.4. The van der Waals surface area contributed by atoms with Crippen LogP contribution in [0.4, 0.5) is 5.95 Å². The summed E-state index contributed by atoms with van der Waals surface area (Å²) in [6, 6.07) is 17.3. The Bertz CT molecular complexity index is 1280. The molecule has 8 nitrogen and oxygen atoms in total. The summed E-state index contributed by atoms with van der Waals surface area (Å²) >= 11 is 0. The smallest absolute Gasteiger partial charge is 0.247 e. The molecule has 1 amide bonds. The maximum atomic E-state index is 12.6. The Morgan fingerprint density at radius 3 is 2.40 bits per heavy atom. The first-order valence-electron chi connectivity index (χ1n) is 11.7. The van der Waals surface area contributed by atoms with Crippen molar-refractivity contribution in [3.05, 3.63) is 72.1 Å². The van der Waals surface area contributed by atoms with Crippen LogP contribution in [0.2, 0.25) is 0 Å². The van der Waals surface area contributed by atoms with Gasteiger partial charge >= 0.3 is 0 Å². The number of nitrogens with zero attached hydrogens (tertiary/aromatic N) is 4. The largest absolute Gasteiger partial charge is 0.493 e. The summed E-state index contributed by atoms with van der Waals surface area (Å²) < 4.78 is 13.8. The van der Waals surface area contributed by atoms with Crippen molar-refractivity contribution in [3.8, 4) is 11.6 Å². The van der Waals surface area contributed by atoms with E-state index in [4.69, 9.17) is 9.47 Å². The lowest BCUT2D eigenvalue weighted by atomic mass is 9.99. The molecular formula is C27H31N5O3. The Labute approximate surface area is 205 Å². The maximum absolute atomic E-state index is 12.6. The van der Waals surface area contributed by atoms with Crippen molar-refractivity contribution in [1.29, 1.82) is 0 Å². The Morgan fingerprint density at radius 2 is 1.71 bits per heavy atom. The summed E-state index contributed by atoms with van der Waals surface area (Å²) in [5.74, 6) is 1.13. The maximum Gasteiger partial charge on any atom is 0.247 e. The number of aromatic nitrogens is 4. The second-order valence-corrected chi connectivity index (χ2v) is 9.55. The van der Waals surface area contributed by atoms with Crippen LogP contribution < -0.4 is 14.8 Å². The monoisotopic (exact) mass is 473 g/mol. The van der Waals surface area contributed by atoms with Gasteiger partial charge in [-0.1, -0.05) is 63.2 Å². The van der Waals surface area contributed by atoms with Crippen molar-refractivity contribution in [2.75, 3.05) is 11.9 Å². The molecule has 0 aliphatic carbocycles. The van der Waals surface area contributed by atoms with E-state index in [2.05, 4.69) is 41.0 Å². The van der Waals surface area contributed by atoms with Crippen LogP contribution in [0, 0.1) is 5.41 Å². The SMILES string of the molecule is CCn1cnc2c(OCc3ccc(OCC(C)(C)C)cc3)nc(NC(=O)Cc3ccccc3)nc21. The molecule has 0 saturated heterocycles. The molecule has 0 spiro atoms. The molecule has 8 heteroatoms. The first-order chi connectivity index (χ1) is 16.8. The number of imidazole rings is 1. The zero-order chi connectivity index (χ0) is 24.8. The zero-order valence-corrected chi connectivity index (χ0v) is 20.6. The number of carbonyl (C=O) groups excluding carboxylic acids is 1. The number of hydrogen-bond acceptors (Lipinski definition) is 6. The van der Waals surface area contributed by atoms with Gasteiger partial charge in [-0.15, -0.1) is 0 Å². The summed E-state index contributed by atoms with van der Waals surface area (Å²) in [5, 5.41) is 2.80. The molecule has 2 heterocycles. The van der Waals surface area contributed by atoms with Crippen LogP contribution >= 0.6 is 0 Å². The molecule has 2 aromatic heterocycles. The second kappa shape index (κ2) is 10.5. The van der Waals surface area contributed by atoms with E-state index in [9.17, 15) is 4.79 Å². The fraction of sp³-hybridized carbons (Fsp3) is 0.333. The van der Waals surface area contributed by atoms with E-state index in [0.717, 1.165) is 16.9 Å². The van der Waals surface area contributed by atoms with Crippen molar-refractivity contribution in [2.24, 2.45) is 5.41 Å². The van der Waals surface area contributed by atoms with Crippen LogP contribution in [0.25, 0.3) is 11.2 Å². The molecule has 4 rings (SSSR count). The van der Waals surface area contributed by atoms with Gasteiger partial charge in [0.15, 0.2) is 11.2 Å². The minimum Gasteiger partial charge on any atom is -0.493 e. The number of nitrogens with one attached hydrogen (secondary N) is 1. The highest BCUT2D eigenvalue weighted by Crippen LogP contribution is 2.25. The van der Waals surface area contributed by atoms with Gasteiger partial charge in [-0.2, -0.15) is 9.97 Å². The van der Waals surface area contributed by atoms with Crippen molar-refractivity contribution in [3.63, 3.8) is 0 Å². The van der Waals surface area contributed by atoms with Crippen LogP contribution in [0.3, 0.4) is 0 Å². The number of fused-ring (bicyclic) bond motifs is 1. The highest BCUT2D eigenvalue weighted by Gasteiger charge is 2.16. The minimum atomic E-state index is -0.199. The van der Waals surface area contributed by atoms with E-state index >= 15 is 0 Å². The summed E-state index contributed by atoms with van der Waals surface area (Å²) in [6.07, 6.45) is 1.93. The van der Waals surface area contributed by atoms with Crippen LogP contribution in [0.1, 0.15) is 38.8 Å². The summed E-state index contributed by atoms with van der Waals surface area (Å²) in [5.41, 5.74) is 3.13. The molecule has 0 radical (unpaired) electrons. The van der Waals surface area contributed by atoms with Gasteiger partial charge < -0.3 is 14.0 Å². The Kier molecular flexibility index (Phi) is 7.29. The number of rotatable bonds is 9. The van der Waals surface area contributed by atoms with Gasteiger partial charge in [-0.25, -0.2) is 4.98 Å². The fourth-order valence-corrected chi connectivity index (χ4v) is 3.39. The molecule has 0 unspecified atom stereocenters. The number of aryl methyl sites for hydroxylation is 1. The van der Waals surface area contributed by atoms with Gasteiger partial charge in [0, 0.05) is 6.54 Å². The molecule has 0 fully saturated rings. The van der Waals surface area contributed by atoms with Gasteiger partial charge in [0.25, 0.3) is 0 Å². The first kappa shape index (κ1) is 24.2. The number of benzene rings is 2. The number of amides is 1. The van der Waals surface area contributed by atoms with E-state index in [1.807, 2.05) is 66.1 Å². The predicted molar refractivity (Wildman–Crippen MR) is 135 cm³/mol. The summed E-state index contributed by atoms with van der Waals surface area (Å²) in [6.45, 7) is 10.0. The van der Waals surface area contributed by atoms with Crippen molar-refractivity contribution >= 4 is 23.0 Å². The third kappa shape index (κ3) is 6.56. The Hall–Kier alpha value is -3.94. The first-order valence-corrected chi connectivity index (χ1v) is 11.7. The molecule has 0 saturated carbocycles.